The van der Waals surface area contributed by atoms with E-state index in [2.05, 4.69) is 10.6 Å². The second-order valence-corrected chi connectivity index (χ2v) is 6.72. The highest BCUT2D eigenvalue weighted by Gasteiger charge is 2.34. The fraction of sp³-hybridized carbons (Fsp3) is 0.294. The van der Waals surface area contributed by atoms with Crippen LogP contribution in [0.3, 0.4) is 0 Å². The molecule has 5 nitrogen and oxygen atoms in total. The van der Waals surface area contributed by atoms with Gasteiger partial charge in [-0.1, -0.05) is 12.1 Å². The van der Waals surface area contributed by atoms with Crippen LogP contribution in [-0.4, -0.2) is 29.1 Å². The van der Waals surface area contributed by atoms with E-state index in [1.54, 1.807) is 30.3 Å². The number of hydrogen-bond acceptors (Lipinski definition) is 4. The largest absolute Gasteiger partial charge is 0.388 e. The second-order valence-electron chi connectivity index (χ2n) is 5.77. The summed E-state index contributed by atoms with van der Waals surface area (Å²) in [4.78, 5) is 24.8. The third-order valence-electron chi connectivity index (χ3n) is 3.99. The smallest absolute Gasteiger partial charge is 0.265 e. The summed E-state index contributed by atoms with van der Waals surface area (Å²) in [6, 6.07) is 10.3. The van der Waals surface area contributed by atoms with Gasteiger partial charge in [-0.2, -0.15) is 0 Å². The molecule has 0 radical (unpaired) electrons. The van der Waals surface area contributed by atoms with Gasteiger partial charge in [-0.05, 0) is 48.9 Å². The van der Waals surface area contributed by atoms with Crippen molar-refractivity contribution in [1.29, 1.82) is 0 Å². The van der Waals surface area contributed by atoms with E-state index >= 15 is 0 Å². The number of carbonyl (C=O) groups excluding carboxylic acids is 2. The lowest BCUT2D eigenvalue weighted by molar-refractivity contribution is -0.0300. The molecule has 1 saturated carbocycles. The summed E-state index contributed by atoms with van der Waals surface area (Å²) in [5, 5.41) is 17.4. The molecule has 0 spiro atoms. The zero-order valence-electron chi connectivity index (χ0n) is 12.5. The third-order valence-corrected chi connectivity index (χ3v) is 4.86. The molecule has 3 rings (SSSR count). The fourth-order valence-electron chi connectivity index (χ4n) is 2.45. The molecule has 0 saturated heterocycles. The summed E-state index contributed by atoms with van der Waals surface area (Å²) in [6.07, 6.45) is 2.45. The lowest BCUT2D eigenvalue weighted by Gasteiger charge is -2.36. The summed E-state index contributed by atoms with van der Waals surface area (Å²) in [5.74, 6) is -0.445. The number of anilines is 1. The van der Waals surface area contributed by atoms with Gasteiger partial charge >= 0.3 is 0 Å². The number of carbonyl (C=O) groups is 2. The zero-order valence-corrected chi connectivity index (χ0v) is 13.4. The SMILES string of the molecule is O=C(NCC1(O)CCC1)c1cccc(NC(=O)c2cccs2)c1. The number of benzene rings is 1. The van der Waals surface area contributed by atoms with E-state index in [1.165, 1.54) is 11.3 Å². The monoisotopic (exact) mass is 330 g/mol. The Kier molecular flexibility index (Phi) is 4.45. The third kappa shape index (κ3) is 3.78. The summed E-state index contributed by atoms with van der Waals surface area (Å²) in [6.45, 7) is 0.262. The molecule has 6 heteroatoms. The maximum Gasteiger partial charge on any atom is 0.265 e. The molecular weight excluding hydrogens is 312 g/mol. The van der Waals surface area contributed by atoms with Gasteiger partial charge in [0.15, 0.2) is 0 Å². The maximum absolute atomic E-state index is 12.2. The Bertz CT molecular complexity index is 708. The van der Waals surface area contributed by atoms with E-state index in [9.17, 15) is 14.7 Å². The average Bonchev–Trinajstić information content (AvgIpc) is 3.05. The minimum Gasteiger partial charge on any atom is -0.388 e. The van der Waals surface area contributed by atoms with Crippen LogP contribution in [0.4, 0.5) is 5.69 Å². The number of nitrogens with one attached hydrogen (secondary N) is 2. The minimum atomic E-state index is -0.749. The molecule has 2 aromatic rings. The van der Waals surface area contributed by atoms with E-state index in [0.717, 1.165) is 19.3 Å². The van der Waals surface area contributed by atoms with Crippen LogP contribution in [0.1, 0.15) is 39.3 Å². The van der Waals surface area contributed by atoms with Crippen LogP contribution in [0.25, 0.3) is 0 Å². The fourth-order valence-corrected chi connectivity index (χ4v) is 3.07. The van der Waals surface area contributed by atoms with Gasteiger partial charge in [-0.15, -0.1) is 11.3 Å². The molecular formula is C17H18N2O3S. The first-order chi connectivity index (χ1) is 11.1. The number of amides is 2. The van der Waals surface area contributed by atoms with Gasteiger partial charge in [-0.3, -0.25) is 9.59 Å². The lowest BCUT2D eigenvalue weighted by Crippen LogP contribution is -2.47. The quantitative estimate of drug-likeness (QED) is 0.788. The predicted octanol–water partition coefficient (Wildman–Crippen LogP) is 2.65. The van der Waals surface area contributed by atoms with Gasteiger partial charge in [0.05, 0.1) is 10.5 Å². The average molecular weight is 330 g/mol. The molecule has 1 aromatic heterocycles. The van der Waals surface area contributed by atoms with Crippen LogP contribution in [-0.2, 0) is 0 Å². The first-order valence-corrected chi connectivity index (χ1v) is 8.39. The van der Waals surface area contributed by atoms with Crippen LogP contribution in [0.5, 0.6) is 0 Å². The van der Waals surface area contributed by atoms with Crippen LogP contribution in [0, 0.1) is 0 Å². The van der Waals surface area contributed by atoms with Crippen molar-refractivity contribution in [3.8, 4) is 0 Å². The Morgan fingerprint density at radius 3 is 2.65 bits per heavy atom. The molecule has 1 aliphatic carbocycles. The summed E-state index contributed by atoms with van der Waals surface area (Å²) >= 11 is 1.36. The van der Waals surface area contributed by atoms with Crippen LogP contribution < -0.4 is 10.6 Å². The van der Waals surface area contributed by atoms with Crippen molar-refractivity contribution in [2.75, 3.05) is 11.9 Å². The van der Waals surface area contributed by atoms with E-state index < -0.39 is 5.60 Å². The molecule has 1 fully saturated rings. The molecule has 0 bridgehead atoms. The Labute approximate surface area is 138 Å². The summed E-state index contributed by atoms with van der Waals surface area (Å²) < 4.78 is 0. The highest BCUT2D eigenvalue weighted by molar-refractivity contribution is 7.12. The number of aliphatic hydroxyl groups is 1. The molecule has 1 aliphatic rings. The van der Waals surface area contributed by atoms with Crippen molar-refractivity contribution in [3.63, 3.8) is 0 Å². The van der Waals surface area contributed by atoms with E-state index in [0.29, 0.717) is 16.1 Å². The number of rotatable bonds is 5. The normalized spacial score (nSPS) is 15.5. The second kappa shape index (κ2) is 6.52. The van der Waals surface area contributed by atoms with Crippen LogP contribution >= 0.6 is 11.3 Å². The molecule has 0 atom stereocenters. The van der Waals surface area contributed by atoms with E-state index in [-0.39, 0.29) is 18.4 Å². The van der Waals surface area contributed by atoms with Crippen LogP contribution in [0.15, 0.2) is 41.8 Å². The Morgan fingerprint density at radius 1 is 1.17 bits per heavy atom. The molecule has 0 unspecified atom stereocenters. The van der Waals surface area contributed by atoms with Crippen molar-refractivity contribution in [3.05, 3.63) is 52.2 Å². The van der Waals surface area contributed by atoms with Gasteiger partial charge in [0.1, 0.15) is 0 Å². The Morgan fingerprint density at radius 2 is 2.00 bits per heavy atom. The van der Waals surface area contributed by atoms with E-state index in [1.807, 2.05) is 11.4 Å². The summed E-state index contributed by atoms with van der Waals surface area (Å²) in [5.41, 5.74) is 0.274. The van der Waals surface area contributed by atoms with Gasteiger partial charge in [-0.25, -0.2) is 0 Å². The molecule has 2 amide bonds. The molecule has 3 N–H and O–H groups in total. The van der Waals surface area contributed by atoms with Gasteiger partial charge in [0.2, 0.25) is 0 Å². The van der Waals surface area contributed by atoms with Gasteiger partial charge in [0.25, 0.3) is 11.8 Å². The van der Waals surface area contributed by atoms with Crippen LogP contribution in [0.2, 0.25) is 0 Å². The molecule has 23 heavy (non-hydrogen) atoms. The maximum atomic E-state index is 12.2. The minimum absolute atomic E-state index is 0.193. The highest BCUT2D eigenvalue weighted by Crippen LogP contribution is 2.30. The molecule has 1 heterocycles. The zero-order chi connectivity index (χ0) is 16.3. The highest BCUT2D eigenvalue weighted by atomic mass is 32.1. The van der Waals surface area contributed by atoms with Crippen molar-refractivity contribution >= 4 is 28.8 Å². The lowest BCUT2D eigenvalue weighted by atomic mass is 9.80. The standard InChI is InChI=1S/C17H18N2O3S/c20-15(18-11-17(22)7-3-8-17)12-4-1-5-13(10-12)19-16(21)14-6-2-9-23-14/h1-2,4-6,9-10,22H,3,7-8,11H2,(H,18,20)(H,19,21). The van der Waals surface area contributed by atoms with Crippen molar-refractivity contribution in [1.82, 2.24) is 5.32 Å². The molecule has 0 aliphatic heterocycles. The predicted molar refractivity (Wildman–Crippen MR) is 89.8 cm³/mol. The Balaban J connectivity index is 1.62. The van der Waals surface area contributed by atoms with Gasteiger partial charge in [0, 0.05) is 17.8 Å². The Hall–Kier alpha value is -2.18. The number of thiophene rings is 1. The molecule has 120 valence electrons. The first-order valence-electron chi connectivity index (χ1n) is 7.51. The van der Waals surface area contributed by atoms with Crippen molar-refractivity contribution < 1.29 is 14.7 Å². The van der Waals surface area contributed by atoms with Gasteiger partial charge < -0.3 is 15.7 Å². The number of hydrogen-bond donors (Lipinski definition) is 3. The first kappa shape index (κ1) is 15.7. The molecule has 1 aromatic carbocycles. The van der Waals surface area contributed by atoms with Crippen molar-refractivity contribution in [2.24, 2.45) is 0 Å². The summed E-state index contributed by atoms with van der Waals surface area (Å²) in [7, 11) is 0. The van der Waals surface area contributed by atoms with Crippen molar-refractivity contribution in [2.45, 2.75) is 24.9 Å². The topological polar surface area (TPSA) is 78.4 Å². The van der Waals surface area contributed by atoms with E-state index in [4.69, 9.17) is 0 Å².